The normalized spacial score (nSPS) is 18.9. The number of aromatic nitrogens is 4. The fraction of sp³-hybridized carbons (Fsp3) is 0.615. The first-order chi connectivity index (χ1) is 10.4. The molecule has 2 aromatic heterocycles. The molecule has 22 heavy (non-hydrogen) atoms. The molecule has 1 aliphatic rings. The fourth-order valence-electron chi connectivity index (χ4n) is 2.82. The van der Waals surface area contributed by atoms with E-state index in [4.69, 9.17) is 4.74 Å². The van der Waals surface area contributed by atoms with Crippen molar-refractivity contribution in [3.05, 3.63) is 18.2 Å². The van der Waals surface area contributed by atoms with Crippen molar-refractivity contribution < 1.29 is 17.9 Å². The van der Waals surface area contributed by atoms with Crippen molar-refractivity contribution in [3.8, 4) is 0 Å². The zero-order valence-corrected chi connectivity index (χ0v) is 12.3. The zero-order chi connectivity index (χ0) is 16.0. The molecule has 9 heteroatoms. The minimum Gasteiger partial charge on any atom is -0.369 e. The van der Waals surface area contributed by atoms with Crippen LogP contribution in [-0.2, 0) is 4.74 Å². The largest absolute Gasteiger partial charge is 0.417 e. The van der Waals surface area contributed by atoms with E-state index in [9.17, 15) is 13.2 Å². The number of piperidine rings is 1. The minimum absolute atomic E-state index is 0.119. The second-order valence-electron chi connectivity index (χ2n) is 5.40. The van der Waals surface area contributed by atoms with Crippen LogP contribution in [0.3, 0.4) is 0 Å². The molecular formula is C13H16F3N5O. The molecule has 0 radical (unpaired) electrons. The van der Waals surface area contributed by atoms with Crippen molar-refractivity contribution in [1.29, 1.82) is 0 Å². The Balaban J connectivity index is 1.83. The maximum atomic E-state index is 13.2. The highest BCUT2D eigenvalue weighted by atomic mass is 19.4. The molecule has 0 saturated carbocycles. The first kappa shape index (κ1) is 15.0. The predicted octanol–water partition coefficient (Wildman–Crippen LogP) is 1.98. The third kappa shape index (κ3) is 2.29. The molecule has 0 aliphatic carbocycles. The van der Waals surface area contributed by atoms with Gasteiger partial charge in [-0.05, 0) is 6.92 Å². The molecule has 6 nitrogen and oxygen atoms in total. The van der Waals surface area contributed by atoms with Gasteiger partial charge in [0.2, 0.25) is 0 Å². The maximum Gasteiger partial charge on any atom is 0.417 e. The average molecular weight is 315 g/mol. The van der Waals surface area contributed by atoms with Crippen LogP contribution in [0, 0.1) is 6.92 Å². The zero-order valence-electron chi connectivity index (χ0n) is 12.3. The van der Waals surface area contributed by atoms with Gasteiger partial charge in [0.05, 0.1) is 0 Å². The van der Waals surface area contributed by atoms with Crippen LogP contribution in [0.4, 0.5) is 19.0 Å². The van der Waals surface area contributed by atoms with Crippen molar-refractivity contribution in [1.82, 2.24) is 19.6 Å². The number of alkyl halides is 3. The Morgan fingerprint density at radius 3 is 2.55 bits per heavy atom. The van der Waals surface area contributed by atoms with E-state index in [0.29, 0.717) is 17.3 Å². The number of nitrogens with zero attached hydrogens (tertiary/aromatic N) is 5. The van der Waals surface area contributed by atoms with E-state index in [1.54, 1.807) is 23.7 Å². The Kier molecular flexibility index (Phi) is 3.47. The fourth-order valence-corrected chi connectivity index (χ4v) is 2.82. The van der Waals surface area contributed by atoms with Gasteiger partial charge < -0.3 is 9.64 Å². The smallest absolute Gasteiger partial charge is 0.369 e. The van der Waals surface area contributed by atoms with Gasteiger partial charge in [0.1, 0.15) is 18.0 Å². The summed E-state index contributed by atoms with van der Waals surface area (Å²) in [7, 11) is 1.12. The van der Waals surface area contributed by atoms with Gasteiger partial charge in [0, 0.05) is 39.1 Å². The third-order valence-electron chi connectivity index (χ3n) is 4.26. The van der Waals surface area contributed by atoms with Crippen molar-refractivity contribution >= 4 is 11.5 Å². The number of hydrogen-bond donors (Lipinski definition) is 0. The first-order valence-corrected chi connectivity index (χ1v) is 6.90. The van der Waals surface area contributed by atoms with E-state index in [1.165, 1.54) is 0 Å². The number of aryl methyl sites for hydroxylation is 1. The molecule has 1 saturated heterocycles. The van der Waals surface area contributed by atoms with Crippen LogP contribution in [0.1, 0.15) is 18.7 Å². The van der Waals surface area contributed by atoms with Crippen molar-refractivity contribution in [2.75, 3.05) is 25.1 Å². The SMILES string of the molecule is COC1(C(F)(F)F)CCN(c2cc3nncn3c(C)n2)CC1. The highest BCUT2D eigenvalue weighted by Gasteiger charge is 2.56. The standard InChI is InChI=1S/C13H16F3N5O/c1-9-18-10(7-11-19-17-8-21(9)11)20-5-3-12(22-2,4-6-20)13(14,15)16/h7-8H,3-6H2,1-2H3. The van der Waals surface area contributed by atoms with E-state index in [-0.39, 0.29) is 25.9 Å². The van der Waals surface area contributed by atoms with Gasteiger partial charge >= 0.3 is 6.18 Å². The number of anilines is 1. The van der Waals surface area contributed by atoms with E-state index >= 15 is 0 Å². The second-order valence-corrected chi connectivity index (χ2v) is 5.40. The summed E-state index contributed by atoms with van der Waals surface area (Å²) in [4.78, 5) is 6.24. The summed E-state index contributed by atoms with van der Waals surface area (Å²) in [6, 6.07) is 1.73. The van der Waals surface area contributed by atoms with Crippen LogP contribution in [0.2, 0.25) is 0 Å². The van der Waals surface area contributed by atoms with Crippen LogP contribution in [0.25, 0.3) is 5.65 Å². The summed E-state index contributed by atoms with van der Waals surface area (Å²) >= 11 is 0. The van der Waals surface area contributed by atoms with Crippen LogP contribution in [0.15, 0.2) is 12.4 Å². The van der Waals surface area contributed by atoms with Crippen molar-refractivity contribution in [2.24, 2.45) is 0 Å². The highest BCUT2D eigenvalue weighted by molar-refractivity contribution is 5.51. The summed E-state index contributed by atoms with van der Waals surface area (Å²) < 4.78 is 46.1. The van der Waals surface area contributed by atoms with E-state index in [2.05, 4.69) is 15.2 Å². The lowest BCUT2D eigenvalue weighted by Crippen LogP contribution is -2.54. The maximum absolute atomic E-state index is 13.2. The molecule has 0 amide bonds. The molecule has 0 unspecified atom stereocenters. The molecule has 3 heterocycles. The lowest BCUT2D eigenvalue weighted by Gasteiger charge is -2.42. The van der Waals surface area contributed by atoms with Crippen LogP contribution in [0.5, 0.6) is 0 Å². The molecule has 0 atom stereocenters. The van der Waals surface area contributed by atoms with Crippen LogP contribution in [-0.4, -0.2) is 51.6 Å². The summed E-state index contributed by atoms with van der Waals surface area (Å²) in [6.45, 7) is 2.26. The van der Waals surface area contributed by atoms with Crippen LogP contribution < -0.4 is 4.90 Å². The number of rotatable bonds is 2. The summed E-state index contributed by atoms with van der Waals surface area (Å²) in [5.41, 5.74) is -1.43. The average Bonchev–Trinajstić information content (AvgIpc) is 2.95. The molecule has 3 rings (SSSR count). The summed E-state index contributed by atoms with van der Waals surface area (Å²) in [6.07, 6.45) is -3.05. The molecule has 2 aromatic rings. The van der Waals surface area contributed by atoms with Crippen LogP contribution >= 0.6 is 0 Å². The molecule has 0 spiro atoms. The van der Waals surface area contributed by atoms with E-state index < -0.39 is 11.8 Å². The van der Waals surface area contributed by atoms with Gasteiger partial charge in [0.15, 0.2) is 11.2 Å². The Hall–Kier alpha value is -1.90. The highest BCUT2D eigenvalue weighted by Crippen LogP contribution is 2.41. The van der Waals surface area contributed by atoms with Gasteiger partial charge in [-0.15, -0.1) is 10.2 Å². The minimum atomic E-state index is -4.37. The Morgan fingerprint density at radius 1 is 1.27 bits per heavy atom. The molecule has 1 aliphatic heterocycles. The number of fused-ring (bicyclic) bond motifs is 1. The van der Waals surface area contributed by atoms with Gasteiger partial charge in [0.25, 0.3) is 0 Å². The molecular weight excluding hydrogens is 299 g/mol. The van der Waals surface area contributed by atoms with Gasteiger partial charge in [-0.3, -0.25) is 4.40 Å². The van der Waals surface area contributed by atoms with Crippen molar-refractivity contribution in [3.63, 3.8) is 0 Å². The van der Waals surface area contributed by atoms with E-state index in [0.717, 1.165) is 7.11 Å². The molecule has 0 aromatic carbocycles. The first-order valence-electron chi connectivity index (χ1n) is 6.90. The van der Waals surface area contributed by atoms with Crippen molar-refractivity contribution in [2.45, 2.75) is 31.5 Å². The molecule has 0 bridgehead atoms. The number of hydrogen-bond acceptors (Lipinski definition) is 5. The lowest BCUT2D eigenvalue weighted by molar-refractivity contribution is -0.276. The molecule has 0 N–H and O–H groups in total. The van der Waals surface area contributed by atoms with E-state index in [1.807, 2.05) is 4.90 Å². The number of ether oxygens (including phenoxy) is 1. The monoisotopic (exact) mass is 315 g/mol. The second kappa shape index (κ2) is 5.08. The topological polar surface area (TPSA) is 55.5 Å². The van der Waals surface area contributed by atoms with Gasteiger partial charge in [-0.2, -0.15) is 13.2 Å². The Morgan fingerprint density at radius 2 is 1.95 bits per heavy atom. The number of methoxy groups -OCH3 is 1. The van der Waals surface area contributed by atoms with Gasteiger partial charge in [-0.1, -0.05) is 0 Å². The number of halogens is 3. The Labute approximate surface area is 124 Å². The Bertz CT molecular complexity index is 676. The lowest BCUT2D eigenvalue weighted by atomic mass is 9.90. The third-order valence-corrected chi connectivity index (χ3v) is 4.26. The summed E-state index contributed by atoms with van der Waals surface area (Å²) in [5, 5.41) is 7.76. The predicted molar refractivity (Wildman–Crippen MR) is 72.8 cm³/mol. The molecule has 120 valence electrons. The summed E-state index contributed by atoms with van der Waals surface area (Å²) in [5.74, 6) is 1.31. The quantitative estimate of drug-likeness (QED) is 0.848. The van der Waals surface area contributed by atoms with Gasteiger partial charge in [-0.25, -0.2) is 4.98 Å². The molecule has 1 fully saturated rings.